The highest BCUT2D eigenvalue weighted by molar-refractivity contribution is 7.12. The van der Waals surface area contributed by atoms with Crippen LogP contribution in [0.4, 0.5) is 5.69 Å². The van der Waals surface area contributed by atoms with Crippen LogP contribution >= 0.6 is 11.3 Å². The van der Waals surface area contributed by atoms with E-state index in [1.807, 2.05) is 55.5 Å². The minimum Gasteiger partial charge on any atom is -0.322 e. The zero-order valence-electron chi connectivity index (χ0n) is 12.0. The Kier molecular flexibility index (Phi) is 4.16. The zero-order valence-corrected chi connectivity index (χ0v) is 12.9. The summed E-state index contributed by atoms with van der Waals surface area (Å²) < 4.78 is 0. The lowest BCUT2D eigenvalue weighted by Crippen LogP contribution is -2.07. The highest BCUT2D eigenvalue weighted by atomic mass is 32.1. The Morgan fingerprint density at radius 3 is 2.91 bits per heavy atom. The predicted octanol–water partition coefficient (Wildman–Crippen LogP) is 4.10. The van der Waals surface area contributed by atoms with Crippen LogP contribution in [-0.2, 0) is 4.79 Å². The molecule has 110 valence electrons. The lowest BCUT2D eigenvalue weighted by Gasteiger charge is -2.04. The van der Waals surface area contributed by atoms with Gasteiger partial charge in [-0.3, -0.25) is 9.89 Å². The van der Waals surface area contributed by atoms with Gasteiger partial charge in [-0.2, -0.15) is 5.10 Å². The van der Waals surface area contributed by atoms with Crippen LogP contribution in [0.2, 0.25) is 0 Å². The van der Waals surface area contributed by atoms with Gasteiger partial charge in [-0.15, -0.1) is 11.3 Å². The highest BCUT2D eigenvalue weighted by Crippen LogP contribution is 2.20. The van der Waals surface area contributed by atoms with Gasteiger partial charge in [-0.1, -0.05) is 12.1 Å². The number of hydrogen-bond donors (Lipinski definition) is 2. The lowest BCUT2D eigenvalue weighted by molar-refractivity contribution is -0.111. The van der Waals surface area contributed by atoms with E-state index in [-0.39, 0.29) is 5.91 Å². The molecular formula is C17H15N3OS. The molecule has 0 bridgehead atoms. The molecule has 0 saturated carbocycles. The SMILES string of the molecule is Cc1ccc(C=CC(=O)Nc2cccc(-c3ccn[nH]3)c2)s1. The summed E-state index contributed by atoms with van der Waals surface area (Å²) in [5, 5.41) is 9.71. The average molecular weight is 309 g/mol. The number of carbonyl (C=O) groups is 1. The van der Waals surface area contributed by atoms with E-state index in [2.05, 4.69) is 15.5 Å². The van der Waals surface area contributed by atoms with Crippen molar-refractivity contribution in [2.45, 2.75) is 6.92 Å². The molecule has 0 radical (unpaired) electrons. The third-order valence-electron chi connectivity index (χ3n) is 3.10. The minimum atomic E-state index is -0.146. The van der Waals surface area contributed by atoms with Gasteiger partial charge in [-0.05, 0) is 43.3 Å². The van der Waals surface area contributed by atoms with E-state index in [4.69, 9.17) is 0 Å². The van der Waals surface area contributed by atoms with Crippen molar-refractivity contribution in [2.75, 3.05) is 5.32 Å². The largest absolute Gasteiger partial charge is 0.322 e. The Morgan fingerprint density at radius 2 is 2.18 bits per heavy atom. The van der Waals surface area contributed by atoms with Crippen LogP contribution in [-0.4, -0.2) is 16.1 Å². The normalized spacial score (nSPS) is 11.0. The Labute approximate surface area is 132 Å². The molecule has 0 aliphatic rings. The molecule has 0 aliphatic carbocycles. The molecule has 0 saturated heterocycles. The Bertz CT molecular complexity index is 803. The van der Waals surface area contributed by atoms with Gasteiger partial charge in [0.05, 0.1) is 5.69 Å². The van der Waals surface area contributed by atoms with E-state index < -0.39 is 0 Å². The van der Waals surface area contributed by atoms with Gasteiger partial charge in [-0.25, -0.2) is 0 Å². The molecule has 4 nitrogen and oxygen atoms in total. The summed E-state index contributed by atoms with van der Waals surface area (Å²) in [6, 6.07) is 13.6. The molecule has 2 heterocycles. The molecule has 22 heavy (non-hydrogen) atoms. The van der Waals surface area contributed by atoms with Crippen LogP contribution in [0.5, 0.6) is 0 Å². The van der Waals surface area contributed by atoms with Crippen molar-refractivity contribution in [3.63, 3.8) is 0 Å². The topological polar surface area (TPSA) is 57.8 Å². The second kappa shape index (κ2) is 6.41. The van der Waals surface area contributed by atoms with Crippen LogP contribution < -0.4 is 5.32 Å². The van der Waals surface area contributed by atoms with Crippen LogP contribution in [0.25, 0.3) is 17.3 Å². The van der Waals surface area contributed by atoms with Gasteiger partial charge in [0.15, 0.2) is 0 Å². The molecular weight excluding hydrogens is 294 g/mol. The van der Waals surface area contributed by atoms with Crippen LogP contribution in [0.1, 0.15) is 9.75 Å². The number of carbonyl (C=O) groups excluding carboxylic acids is 1. The van der Waals surface area contributed by atoms with Gasteiger partial charge in [0, 0.05) is 33.3 Å². The number of hydrogen-bond acceptors (Lipinski definition) is 3. The molecule has 3 aromatic rings. The molecule has 0 unspecified atom stereocenters. The fourth-order valence-corrected chi connectivity index (χ4v) is 2.85. The summed E-state index contributed by atoms with van der Waals surface area (Å²) in [7, 11) is 0. The van der Waals surface area contributed by atoms with Crippen molar-refractivity contribution in [2.24, 2.45) is 0 Å². The Hall–Kier alpha value is -2.66. The molecule has 5 heteroatoms. The van der Waals surface area contributed by atoms with Gasteiger partial charge in [0.25, 0.3) is 0 Å². The summed E-state index contributed by atoms with van der Waals surface area (Å²) in [6.45, 7) is 2.04. The van der Waals surface area contributed by atoms with E-state index in [1.54, 1.807) is 23.6 Å². The first-order chi connectivity index (χ1) is 10.7. The molecule has 0 aliphatic heterocycles. The first-order valence-corrected chi connectivity index (χ1v) is 7.68. The summed E-state index contributed by atoms with van der Waals surface area (Å²) in [5.41, 5.74) is 2.65. The number of amides is 1. The predicted molar refractivity (Wildman–Crippen MR) is 90.7 cm³/mol. The molecule has 0 atom stereocenters. The van der Waals surface area contributed by atoms with Crippen molar-refractivity contribution < 1.29 is 4.79 Å². The maximum absolute atomic E-state index is 12.0. The van der Waals surface area contributed by atoms with Crippen molar-refractivity contribution in [3.05, 3.63) is 64.5 Å². The number of rotatable bonds is 4. The van der Waals surface area contributed by atoms with Gasteiger partial charge < -0.3 is 5.32 Å². The van der Waals surface area contributed by atoms with Crippen molar-refractivity contribution in [3.8, 4) is 11.3 Å². The molecule has 2 N–H and O–H groups in total. The number of nitrogens with zero attached hydrogens (tertiary/aromatic N) is 1. The number of H-pyrrole nitrogens is 1. The maximum Gasteiger partial charge on any atom is 0.248 e. The second-order valence-corrected chi connectivity index (χ2v) is 6.14. The van der Waals surface area contributed by atoms with Crippen molar-refractivity contribution in [1.82, 2.24) is 10.2 Å². The number of benzene rings is 1. The average Bonchev–Trinajstić information content (AvgIpc) is 3.17. The van der Waals surface area contributed by atoms with Gasteiger partial charge in [0.2, 0.25) is 5.91 Å². The number of aromatic nitrogens is 2. The fraction of sp³-hybridized carbons (Fsp3) is 0.0588. The van der Waals surface area contributed by atoms with Crippen LogP contribution in [0.15, 0.2) is 54.7 Å². The first kappa shape index (κ1) is 14.3. The molecule has 1 aromatic carbocycles. The van der Waals surface area contributed by atoms with E-state index in [0.717, 1.165) is 21.8 Å². The van der Waals surface area contributed by atoms with E-state index >= 15 is 0 Å². The Balaban J connectivity index is 1.69. The smallest absolute Gasteiger partial charge is 0.248 e. The zero-order chi connectivity index (χ0) is 15.4. The third kappa shape index (κ3) is 3.51. The molecule has 0 spiro atoms. The molecule has 0 fully saturated rings. The molecule has 3 rings (SSSR count). The Morgan fingerprint density at radius 1 is 1.27 bits per heavy atom. The summed E-state index contributed by atoms with van der Waals surface area (Å²) in [5.74, 6) is -0.146. The van der Waals surface area contributed by atoms with Crippen molar-refractivity contribution in [1.29, 1.82) is 0 Å². The van der Waals surface area contributed by atoms with E-state index in [0.29, 0.717) is 0 Å². The minimum absolute atomic E-state index is 0.146. The number of aryl methyl sites for hydroxylation is 1. The van der Waals surface area contributed by atoms with E-state index in [9.17, 15) is 4.79 Å². The van der Waals surface area contributed by atoms with Gasteiger partial charge in [0.1, 0.15) is 0 Å². The monoisotopic (exact) mass is 309 g/mol. The number of thiophene rings is 1. The van der Waals surface area contributed by atoms with Crippen LogP contribution in [0.3, 0.4) is 0 Å². The number of nitrogens with one attached hydrogen (secondary N) is 2. The van der Waals surface area contributed by atoms with E-state index in [1.165, 1.54) is 4.88 Å². The number of aromatic amines is 1. The van der Waals surface area contributed by atoms with Crippen molar-refractivity contribution >= 4 is 29.0 Å². The molecule has 2 aromatic heterocycles. The summed E-state index contributed by atoms with van der Waals surface area (Å²) in [6.07, 6.45) is 5.08. The summed E-state index contributed by atoms with van der Waals surface area (Å²) >= 11 is 1.66. The second-order valence-electron chi connectivity index (χ2n) is 4.82. The van der Waals surface area contributed by atoms with Gasteiger partial charge >= 0.3 is 0 Å². The molecule has 1 amide bonds. The number of anilines is 1. The first-order valence-electron chi connectivity index (χ1n) is 6.86. The highest BCUT2D eigenvalue weighted by Gasteiger charge is 2.02. The maximum atomic E-state index is 12.0. The van der Waals surface area contributed by atoms with Crippen LogP contribution in [0, 0.1) is 6.92 Å². The third-order valence-corrected chi connectivity index (χ3v) is 4.07. The summed E-state index contributed by atoms with van der Waals surface area (Å²) in [4.78, 5) is 14.3. The lowest BCUT2D eigenvalue weighted by atomic mass is 10.1. The fourth-order valence-electron chi connectivity index (χ4n) is 2.07. The standard InChI is InChI=1S/C17H15N3OS/c1-12-5-6-15(22-12)7-8-17(21)19-14-4-2-3-13(11-14)16-9-10-18-20-16/h2-11H,1H3,(H,18,20)(H,19,21). The quantitative estimate of drug-likeness (QED) is 0.713.